The zero-order valence-corrected chi connectivity index (χ0v) is 12.2. The minimum atomic E-state index is 0.0340. The van der Waals surface area contributed by atoms with Gasteiger partial charge in [-0.1, -0.05) is 18.2 Å². The van der Waals surface area contributed by atoms with Crippen LogP contribution in [0.15, 0.2) is 35.7 Å². The van der Waals surface area contributed by atoms with Crippen molar-refractivity contribution in [3.8, 4) is 0 Å². The zero-order chi connectivity index (χ0) is 12.8. The first-order valence-electron chi connectivity index (χ1n) is 6.66. The predicted octanol–water partition coefficient (Wildman–Crippen LogP) is 4.50. The number of thiophene rings is 2. The molecule has 0 radical (unpaired) electrons. The summed E-state index contributed by atoms with van der Waals surface area (Å²) in [5.74, 6) is 0. The first kappa shape index (κ1) is 11.6. The summed E-state index contributed by atoms with van der Waals surface area (Å²) in [6.45, 7) is 0. The molecule has 0 amide bonds. The minimum Gasteiger partial charge on any atom is -0.320 e. The van der Waals surface area contributed by atoms with Gasteiger partial charge >= 0.3 is 0 Å². The maximum atomic E-state index is 6.50. The number of rotatable bonds is 2. The molecule has 0 spiro atoms. The molecule has 96 valence electrons. The lowest BCUT2D eigenvalue weighted by molar-refractivity contribution is 0.891. The Morgan fingerprint density at radius 1 is 1.16 bits per heavy atom. The molecule has 0 fully saturated rings. The maximum absolute atomic E-state index is 6.50. The molecule has 0 bridgehead atoms. The van der Waals surface area contributed by atoms with Crippen molar-refractivity contribution >= 4 is 32.8 Å². The van der Waals surface area contributed by atoms with E-state index in [9.17, 15) is 0 Å². The highest BCUT2D eigenvalue weighted by Gasteiger charge is 2.20. The molecule has 3 aromatic rings. The van der Waals surface area contributed by atoms with Crippen molar-refractivity contribution in [3.63, 3.8) is 0 Å². The Bertz CT molecular complexity index is 717. The van der Waals surface area contributed by atoms with Crippen LogP contribution in [0.4, 0.5) is 0 Å². The van der Waals surface area contributed by atoms with Crippen LogP contribution in [0.5, 0.6) is 0 Å². The molecule has 2 N–H and O–H groups in total. The second-order valence-corrected chi connectivity index (χ2v) is 7.20. The fourth-order valence-corrected chi connectivity index (χ4v) is 5.17. The van der Waals surface area contributed by atoms with Gasteiger partial charge in [0.15, 0.2) is 0 Å². The molecule has 1 aliphatic carbocycles. The number of aryl methyl sites for hydroxylation is 2. The molecule has 19 heavy (non-hydrogen) atoms. The molecule has 1 aromatic carbocycles. The molecule has 0 saturated heterocycles. The first-order chi connectivity index (χ1) is 9.33. The Morgan fingerprint density at radius 3 is 2.95 bits per heavy atom. The fourth-order valence-electron chi connectivity index (χ4n) is 2.90. The van der Waals surface area contributed by atoms with Gasteiger partial charge < -0.3 is 5.73 Å². The number of nitrogens with two attached hydrogens (primary N) is 1. The monoisotopic (exact) mass is 285 g/mol. The molecule has 3 heteroatoms. The molecule has 0 saturated carbocycles. The number of fused-ring (bicyclic) bond motifs is 2. The van der Waals surface area contributed by atoms with Crippen molar-refractivity contribution < 1.29 is 0 Å². The molecule has 2 aromatic heterocycles. The zero-order valence-electron chi connectivity index (χ0n) is 10.6. The fraction of sp³-hybridized carbons (Fsp3) is 0.250. The Kier molecular flexibility index (Phi) is 2.72. The number of benzene rings is 1. The topological polar surface area (TPSA) is 26.0 Å². The normalized spacial score (nSPS) is 15.8. The van der Waals surface area contributed by atoms with E-state index in [2.05, 4.69) is 35.7 Å². The molecule has 4 rings (SSSR count). The number of hydrogen-bond acceptors (Lipinski definition) is 3. The van der Waals surface area contributed by atoms with E-state index >= 15 is 0 Å². The highest BCUT2D eigenvalue weighted by atomic mass is 32.1. The van der Waals surface area contributed by atoms with Gasteiger partial charge in [0.1, 0.15) is 0 Å². The summed E-state index contributed by atoms with van der Waals surface area (Å²) in [5.41, 5.74) is 9.32. The molecule has 1 nitrogen and oxygen atoms in total. The van der Waals surface area contributed by atoms with Crippen LogP contribution in [0.25, 0.3) is 10.1 Å². The summed E-state index contributed by atoms with van der Waals surface area (Å²) < 4.78 is 1.33. The summed E-state index contributed by atoms with van der Waals surface area (Å²) >= 11 is 3.71. The van der Waals surface area contributed by atoms with Gasteiger partial charge in [0.25, 0.3) is 0 Å². The quantitative estimate of drug-likeness (QED) is 0.737. The minimum absolute atomic E-state index is 0.0340. The average Bonchev–Trinajstić information content (AvgIpc) is 3.11. The average molecular weight is 285 g/mol. The van der Waals surface area contributed by atoms with Crippen molar-refractivity contribution in [2.45, 2.75) is 25.3 Å². The van der Waals surface area contributed by atoms with Crippen molar-refractivity contribution in [3.05, 3.63) is 56.6 Å². The molecule has 2 heterocycles. The molecule has 1 aliphatic rings. The third-order valence-corrected chi connectivity index (χ3v) is 6.22. The highest BCUT2D eigenvalue weighted by Crippen LogP contribution is 2.38. The first-order valence-corrected chi connectivity index (χ1v) is 8.36. The smallest absolute Gasteiger partial charge is 0.0660 e. The SMILES string of the molecule is NC(c1cc2c(s1)CCC2)c1csc2ccccc12. The molecule has 1 atom stereocenters. The summed E-state index contributed by atoms with van der Waals surface area (Å²) in [6.07, 6.45) is 3.80. The molecule has 0 aliphatic heterocycles. The second kappa shape index (κ2) is 4.44. The van der Waals surface area contributed by atoms with Crippen LogP contribution < -0.4 is 5.73 Å². The van der Waals surface area contributed by atoms with Crippen LogP contribution in [0.1, 0.15) is 33.3 Å². The third kappa shape index (κ3) is 1.84. The lowest BCUT2D eigenvalue weighted by Gasteiger charge is -2.08. The summed E-state index contributed by atoms with van der Waals surface area (Å²) in [5, 5.41) is 3.54. The standard InChI is InChI=1S/C16H15NS2/c17-16(15-8-10-4-3-7-13(10)19-15)12-9-18-14-6-2-1-5-11(12)14/h1-2,5-6,8-9,16H,3-4,7,17H2. The van der Waals surface area contributed by atoms with Crippen LogP contribution in [-0.4, -0.2) is 0 Å². The Hall–Kier alpha value is -1.16. The summed E-state index contributed by atoms with van der Waals surface area (Å²) in [6, 6.07) is 10.9. The van der Waals surface area contributed by atoms with Gasteiger partial charge in [-0.3, -0.25) is 0 Å². The van der Waals surface area contributed by atoms with E-state index in [1.165, 1.54) is 45.4 Å². The Balaban J connectivity index is 1.78. The van der Waals surface area contributed by atoms with Crippen LogP contribution in [0.2, 0.25) is 0 Å². The van der Waals surface area contributed by atoms with Crippen molar-refractivity contribution in [2.24, 2.45) is 5.73 Å². The van der Waals surface area contributed by atoms with Gasteiger partial charge in [-0.05, 0) is 53.3 Å². The van der Waals surface area contributed by atoms with E-state index in [4.69, 9.17) is 5.73 Å². The van der Waals surface area contributed by atoms with Crippen molar-refractivity contribution in [2.75, 3.05) is 0 Å². The lowest BCUT2D eigenvalue weighted by atomic mass is 10.0. The summed E-state index contributed by atoms with van der Waals surface area (Å²) in [4.78, 5) is 2.89. The van der Waals surface area contributed by atoms with Crippen LogP contribution in [0.3, 0.4) is 0 Å². The van der Waals surface area contributed by atoms with Crippen LogP contribution >= 0.6 is 22.7 Å². The summed E-state index contributed by atoms with van der Waals surface area (Å²) in [7, 11) is 0. The van der Waals surface area contributed by atoms with Gasteiger partial charge in [0.05, 0.1) is 6.04 Å². The van der Waals surface area contributed by atoms with E-state index < -0.39 is 0 Å². The maximum Gasteiger partial charge on any atom is 0.0660 e. The molecular weight excluding hydrogens is 270 g/mol. The lowest BCUT2D eigenvalue weighted by Crippen LogP contribution is -2.09. The van der Waals surface area contributed by atoms with E-state index in [0.717, 1.165) is 0 Å². The Labute approximate surface area is 120 Å². The van der Waals surface area contributed by atoms with E-state index in [0.29, 0.717) is 0 Å². The van der Waals surface area contributed by atoms with Gasteiger partial charge in [-0.2, -0.15) is 0 Å². The third-order valence-electron chi connectivity index (χ3n) is 3.92. The van der Waals surface area contributed by atoms with E-state index in [-0.39, 0.29) is 6.04 Å². The van der Waals surface area contributed by atoms with E-state index in [1.54, 1.807) is 16.2 Å². The van der Waals surface area contributed by atoms with Crippen LogP contribution in [-0.2, 0) is 12.8 Å². The van der Waals surface area contributed by atoms with E-state index in [1.807, 2.05) is 11.3 Å². The van der Waals surface area contributed by atoms with Gasteiger partial charge in [-0.25, -0.2) is 0 Å². The second-order valence-electron chi connectivity index (χ2n) is 5.12. The van der Waals surface area contributed by atoms with Gasteiger partial charge in [0, 0.05) is 14.5 Å². The van der Waals surface area contributed by atoms with Gasteiger partial charge in [0.2, 0.25) is 0 Å². The highest BCUT2D eigenvalue weighted by molar-refractivity contribution is 7.17. The molecule has 1 unspecified atom stereocenters. The Morgan fingerprint density at radius 2 is 2.05 bits per heavy atom. The largest absolute Gasteiger partial charge is 0.320 e. The molecular formula is C16H15NS2. The van der Waals surface area contributed by atoms with Gasteiger partial charge in [-0.15, -0.1) is 22.7 Å². The van der Waals surface area contributed by atoms with Crippen molar-refractivity contribution in [1.29, 1.82) is 0 Å². The number of hydrogen-bond donors (Lipinski definition) is 1. The van der Waals surface area contributed by atoms with Crippen molar-refractivity contribution in [1.82, 2.24) is 0 Å². The van der Waals surface area contributed by atoms with Crippen LogP contribution in [0, 0.1) is 0 Å². The predicted molar refractivity (Wildman–Crippen MR) is 84.2 cm³/mol.